The molecule has 2 rings (SSSR count). The van der Waals surface area contributed by atoms with Crippen LogP contribution in [0.4, 0.5) is 5.69 Å². The van der Waals surface area contributed by atoms with E-state index in [1.165, 1.54) is 0 Å². The van der Waals surface area contributed by atoms with E-state index in [0.717, 1.165) is 22.6 Å². The monoisotopic (exact) mass is 272 g/mol. The van der Waals surface area contributed by atoms with Crippen molar-refractivity contribution in [2.45, 2.75) is 20.4 Å². The van der Waals surface area contributed by atoms with Gasteiger partial charge in [0.1, 0.15) is 0 Å². The molecule has 0 unspecified atom stereocenters. The highest BCUT2D eigenvalue weighted by atomic mass is 16.1. The van der Waals surface area contributed by atoms with Crippen molar-refractivity contribution in [1.82, 2.24) is 15.1 Å². The maximum atomic E-state index is 12.2. The van der Waals surface area contributed by atoms with Gasteiger partial charge in [-0.1, -0.05) is 12.1 Å². The first-order valence-corrected chi connectivity index (χ1v) is 6.58. The molecule has 2 N–H and O–H groups in total. The Kier molecular flexibility index (Phi) is 4.08. The number of benzene rings is 1. The molecule has 0 fully saturated rings. The fraction of sp³-hybridized carbons (Fsp3) is 0.333. The number of nitrogens with zero attached hydrogens (tertiary/aromatic N) is 2. The van der Waals surface area contributed by atoms with Crippen LogP contribution in [0.1, 0.15) is 27.3 Å². The fourth-order valence-electron chi connectivity index (χ4n) is 2.24. The summed E-state index contributed by atoms with van der Waals surface area (Å²) in [5, 5.41) is 10.3. The Bertz CT molecular complexity index is 631. The van der Waals surface area contributed by atoms with E-state index < -0.39 is 0 Å². The number of carbonyl (C=O) groups excluding carboxylic acids is 1. The average Bonchev–Trinajstić information content (AvgIpc) is 2.70. The molecule has 1 aromatic heterocycles. The van der Waals surface area contributed by atoms with Gasteiger partial charge in [0.15, 0.2) is 0 Å². The second kappa shape index (κ2) is 5.77. The van der Waals surface area contributed by atoms with Crippen molar-refractivity contribution in [1.29, 1.82) is 0 Å². The van der Waals surface area contributed by atoms with Gasteiger partial charge in [0.2, 0.25) is 0 Å². The molecule has 0 aliphatic rings. The molecule has 5 nitrogen and oxygen atoms in total. The van der Waals surface area contributed by atoms with Gasteiger partial charge >= 0.3 is 0 Å². The minimum atomic E-state index is -0.0856. The molecule has 2 aromatic rings. The zero-order valence-corrected chi connectivity index (χ0v) is 12.3. The number of hydrogen-bond donors (Lipinski definition) is 2. The lowest BCUT2D eigenvalue weighted by Gasteiger charge is -2.10. The molecule has 0 spiro atoms. The Hall–Kier alpha value is -2.30. The lowest BCUT2D eigenvalue weighted by Crippen LogP contribution is -2.24. The highest BCUT2D eigenvalue weighted by Gasteiger charge is 2.13. The normalized spacial score (nSPS) is 10.4. The quantitative estimate of drug-likeness (QED) is 0.895. The predicted octanol–water partition coefficient (Wildman–Crippen LogP) is 2.01. The summed E-state index contributed by atoms with van der Waals surface area (Å²) in [5.74, 6) is -0.0856. The molecular formula is C15H20N4O. The molecule has 1 heterocycles. The van der Waals surface area contributed by atoms with Crippen molar-refractivity contribution in [2.24, 2.45) is 7.05 Å². The molecule has 0 saturated carbocycles. The Morgan fingerprint density at radius 2 is 2.00 bits per heavy atom. The standard InChI is InChI=1S/C15H20N4O/c1-10-13(11(2)19(4)18-10)9-17-15(20)12-7-5-6-8-14(12)16-3/h5-8,16H,9H2,1-4H3,(H,17,20). The van der Waals surface area contributed by atoms with Gasteiger partial charge in [-0.2, -0.15) is 5.10 Å². The Balaban J connectivity index is 2.13. The number of nitrogens with one attached hydrogen (secondary N) is 2. The summed E-state index contributed by atoms with van der Waals surface area (Å²) in [6, 6.07) is 7.45. The van der Waals surface area contributed by atoms with Crippen LogP contribution >= 0.6 is 0 Å². The van der Waals surface area contributed by atoms with E-state index in [1.807, 2.05) is 56.9 Å². The van der Waals surface area contributed by atoms with Crippen molar-refractivity contribution >= 4 is 11.6 Å². The minimum Gasteiger partial charge on any atom is -0.387 e. The largest absolute Gasteiger partial charge is 0.387 e. The second-order valence-electron chi connectivity index (χ2n) is 4.75. The van der Waals surface area contributed by atoms with E-state index in [-0.39, 0.29) is 5.91 Å². The van der Waals surface area contributed by atoms with Gasteiger partial charge in [0.25, 0.3) is 5.91 Å². The summed E-state index contributed by atoms with van der Waals surface area (Å²) in [4.78, 5) is 12.2. The number of rotatable bonds is 4. The molecule has 106 valence electrons. The van der Waals surface area contributed by atoms with Gasteiger partial charge in [-0.15, -0.1) is 0 Å². The molecule has 0 saturated heterocycles. The van der Waals surface area contributed by atoms with Crippen molar-refractivity contribution < 1.29 is 4.79 Å². The average molecular weight is 272 g/mol. The molecule has 1 aromatic carbocycles. The molecule has 0 aliphatic heterocycles. The van der Waals surface area contributed by atoms with E-state index in [9.17, 15) is 4.79 Å². The van der Waals surface area contributed by atoms with E-state index in [4.69, 9.17) is 0 Å². The van der Waals surface area contributed by atoms with E-state index in [1.54, 1.807) is 0 Å². The van der Waals surface area contributed by atoms with E-state index >= 15 is 0 Å². The SMILES string of the molecule is CNc1ccccc1C(=O)NCc1c(C)nn(C)c1C. The van der Waals surface area contributed by atoms with Crippen LogP contribution < -0.4 is 10.6 Å². The fourth-order valence-corrected chi connectivity index (χ4v) is 2.24. The van der Waals surface area contributed by atoms with Crippen LogP contribution in [0.5, 0.6) is 0 Å². The lowest BCUT2D eigenvalue weighted by atomic mass is 10.1. The topological polar surface area (TPSA) is 59.0 Å². The highest BCUT2D eigenvalue weighted by molar-refractivity contribution is 5.99. The number of carbonyl (C=O) groups is 1. The maximum Gasteiger partial charge on any atom is 0.253 e. The summed E-state index contributed by atoms with van der Waals surface area (Å²) >= 11 is 0. The number of amides is 1. The third kappa shape index (κ3) is 2.66. The maximum absolute atomic E-state index is 12.2. The van der Waals surface area contributed by atoms with Crippen LogP contribution in [0, 0.1) is 13.8 Å². The van der Waals surface area contributed by atoms with Crippen LogP contribution in [-0.4, -0.2) is 22.7 Å². The zero-order chi connectivity index (χ0) is 14.7. The van der Waals surface area contributed by atoms with Gasteiger partial charge < -0.3 is 10.6 Å². The number of anilines is 1. The third-order valence-corrected chi connectivity index (χ3v) is 3.53. The minimum absolute atomic E-state index is 0.0856. The molecule has 0 aliphatic carbocycles. The van der Waals surface area contributed by atoms with E-state index in [0.29, 0.717) is 12.1 Å². The Morgan fingerprint density at radius 1 is 1.30 bits per heavy atom. The summed E-state index contributed by atoms with van der Waals surface area (Å²) in [5.41, 5.74) is 4.57. The van der Waals surface area contributed by atoms with Gasteiger partial charge in [0, 0.05) is 37.6 Å². The van der Waals surface area contributed by atoms with Crippen LogP contribution in [0.3, 0.4) is 0 Å². The summed E-state index contributed by atoms with van der Waals surface area (Å²) in [7, 11) is 3.71. The van der Waals surface area contributed by atoms with Gasteiger partial charge in [-0.05, 0) is 26.0 Å². The van der Waals surface area contributed by atoms with Crippen LogP contribution in [0.15, 0.2) is 24.3 Å². The predicted molar refractivity (Wildman–Crippen MR) is 79.8 cm³/mol. The molecule has 0 radical (unpaired) electrons. The first kappa shape index (κ1) is 14.1. The van der Waals surface area contributed by atoms with Crippen molar-refractivity contribution in [3.05, 3.63) is 46.8 Å². The zero-order valence-electron chi connectivity index (χ0n) is 12.3. The Labute approximate surface area is 119 Å². The summed E-state index contributed by atoms with van der Waals surface area (Å²) in [6.07, 6.45) is 0. The molecule has 20 heavy (non-hydrogen) atoms. The van der Waals surface area contributed by atoms with Crippen molar-refractivity contribution in [2.75, 3.05) is 12.4 Å². The molecular weight excluding hydrogens is 252 g/mol. The summed E-state index contributed by atoms with van der Waals surface area (Å²) < 4.78 is 1.83. The van der Waals surface area contributed by atoms with E-state index in [2.05, 4.69) is 15.7 Å². The molecule has 1 amide bonds. The molecule has 0 atom stereocenters. The van der Waals surface area contributed by atoms with Crippen LogP contribution in [0.25, 0.3) is 0 Å². The van der Waals surface area contributed by atoms with Crippen LogP contribution in [0.2, 0.25) is 0 Å². The number of hydrogen-bond acceptors (Lipinski definition) is 3. The first-order chi connectivity index (χ1) is 9.54. The lowest BCUT2D eigenvalue weighted by molar-refractivity contribution is 0.0951. The highest BCUT2D eigenvalue weighted by Crippen LogP contribution is 2.15. The number of para-hydroxylation sites is 1. The second-order valence-corrected chi connectivity index (χ2v) is 4.75. The van der Waals surface area contributed by atoms with Gasteiger partial charge in [-0.3, -0.25) is 9.48 Å². The van der Waals surface area contributed by atoms with Crippen molar-refractivity contribution in [3.8, 4) is 0 Å². The molecule has 0 bridgehead atoms. The van der Waals surface area contributed by atoms with Gasteiger partial charge in [0.05, 0.1) is 11.3 Å². The number of aryl methyl sites for hydroxylation is 2. The van der Waals surface area contributed by atoms with Crippen LogP contribution in [-0.2, 0) is 13.6 Å². The van der Waals surface area contributed by atoms with Gasteiger partial charge in [-0.25, -0.2) is 0 Å². The third-order valence-electron chi connectivity index (χ3n) is 3.53. The van der Waals surface area contributed by atoms with Crippen molar-refractivity contribution in [3.63, 3.8) is 0 Å². The summed E-state index contributed by atoms with van der Waals surface area (Å²) in [6.45, 7) is 4.45. The number of aromatic nitrogens is 2. The smallest absolute Gasteiger partial charge is 0.253 e. The molecule has 5 heteroatoms. The Morgan fingerprint density at radius 3 is 2.60 bits per heavy atom. The first-order valence-electron chi connectivity index (χ1n) is 6.58.